The number of ketones is 1. The Morgan fingerprint density at radius 2 is 2.17 bits per heavy atom. The van der Waals surface area contributed by atoms with Gasteiger partial charge in [-0.3, -0.25) is 4.79 Å². The molecule has 1 saturated carbocycles. The first-order chi connectivity index (χ1) is 8.32. The number of fused-ring (bicyclic) bond motifs is 2. The summed E-state index contributed by atoms with van der Waals surface area (Å²) in [6.07, 6.45) is 0.940. The van der Waals surface area contributed by atoms with Gasteiger partial charge in [0.1, 0.15) is 11.5 Å². The van der Waals surface area contributed by atoms with Crippen LogP contribution in [0.3, 0.4) is 0 Å². The smallest absolute Gasteiger partial charge is 0.334 e. The molecule has 1 saturated heterocycles. The zero-order valence-corrected chi connectivity index (χ0v) is 9.92. The van der Waals surface area contributed by atoms with E-state index in [-0.39, 0.29) is 12.0 Å². The van der Waals surface area contributed by atoms with E-state index >= 15 is 0 Å². The number of hydrogen-bond donors (Lipinski definition) is 2. The normalized spacial score (nSPS) is 50.2. The SMILES string of the molecule is C=C1C(=O)OC2C1CC(O)C21C(=O)C=CC1(C)O. The van der Waals surface area contributed by atoms with E-state index in [1.807, 2.05) is 0 Å². The summed E-state index contributed by atoms with van der Waals surface area (Å²) in [4.78, 5) is 23.7. The summed E-state index contributed by atoms with van der Waals surface area (Å²) >= 11 is 0. The number of aliphatic hydroxyl groups excluding tert-OH is 1. The van der Waals surface area contributed by atoms with E-state index in [1.165, 1.54) is 19.1 Å². The highest BCUT2D eigenvalue weighted by atomic mass is 16.6. The van der Waals surface area contributed by atoms with E-state index in [2.05, 4.69) is 6.58 Å². The molecule has 3 aliphatic rings. The lowest BCUT2D eigenvalue weighted by atomic mass is 9.69. The Morgan fingerprint density at radius 3 is 2.72 bits per heavy atom. The van der Waals surface area contributed by atoms with Crippen LogP contribution in [0.4, 0.5) is 0 Å². The number of carbonyl (C=O) groups is 2. The number of carbonyl (C=O) groups excluding carboxylic acids is 2. The summed E-state index contributed by atoms with van der Waals surface area (Å²) in [5, 5.41) is 20.7. The first kappa shape index (κ1) is 11.6. The molecule has 0 amide bonds. The summed E-state index contributed by atoms with van der Waals surface area (Å²) in [7, 11) is 0. The van der Waals surface area contributed by atoms with E-state index in [0.717, 1.165) is 0 Å². The Bertz CT molecular complexity index is 504. The van der Waals surface area contributed by atoms with Crippen LogP contribution in [-0.2, 0) is 14.3 Å². The molecule has 1 heterocycles. The van der Waals surface area contributed by atoms with Crippen LogP contribution in [0.2, 0.25) is 0 Å². The van der Waals surface area contributed by atoms with Gasteiger partial charge in [0.15, 0.2) is 5.78 Å². The lowest BCUT2D eigenvalue weighted by Gasteiger charge is -2.40. The molecule has 5 nitrogen and oxygen atoms in total. The number of rotatable bonds is 0. The van der Waals surface area contributed by atoms with Crippen LogP contribution >= 0.6 is 0 Å². The largest absolute Gasteiger partial charge is 0.457 e. The van der Waals surface area contributed by atoms with Crippen molar-refractivity contribution in [2.45, 2.75) is 31.2 Å². The third kappa shape index (κ3) is 1.00. The highest BCUT2D eigenvalue weighted by Crippen LogP contribution is 2.58. The zero-order valence-electron chi connectivity index (χ0n) is 9.92. The molecular weight excluding hydrogens is 236 g/mol. The fraction of sp³-hybridized carbons (Fsp3) is 0.538. The second-order valence-corrected chi connectivity index (χ2v) is 5.42. The molecule has 96 valence electrons. The van der Waals surface area contributed by atoms with Crippen molar-refractivity contribution in [3.63, 3.8) is 0 Å². The van der Waals surface area contributed by atoms with Gasteiger partial charge in [-0.25, -0.2) is 4.79 Å². The summed E-state index contributed by atoms with van der Waals surface area (Å²) in [6.45, 7) is 5.09. The van der Waals surface area contributed by atoms with E-state index in [9.17, 15) is 19.8 Å². The minimum Gasteiger partial charge on any atom is -0.457 e. The number of aliphatic hydroxyl groups is 2. The zero-order chi connectivity index (χ0) is 13.3. The molecule has 0 aromatic carbocycles. The lowest BCUT2D eigenvalue weighted by molar-refractivity contribution is -0.170. The second-order valence-electron chi connectivity index (χ2n) is 5.42. The first-order valence-electron chi connectivity index (χ1n) is 5.86. The average Bonchev–Trinajstić information content (AvgIpc) is 2.80. The molecule has 5 atom stereocenters. The van der Waals surface area contributed by atoms with E-state index in [0.29, 0.717) is 0 Å². The average molecular weight is 250 g/mol. The van der Waals surface area contributed by atoms with Crippen molar-refractivity contribution in [3.05, 3.63) is 24.3 Å². The van der Waals surface area contributed by atoms with Crippen molar-refractivity contribution < 1.29 is 24.5 Å². The summed E-state index contributed by atoms with van der Waals surface area (Å²) < 4.78 is 5.19. The maximum Gasteiger partial charge on any atom is 0.334 e. The Balaban J connectivity index is 2.15. The molecule has 3 rings (SSSR count). The predicted octanol–water partition coefficient (Wildman–Crippen LogP) is -0.275. The van der Waals surface area contributed by atoms with Gasteiger partial charge < -0.3 is 14.9 Å². The van der Waals surface area contributed by atoms with Crippen molar-refractivity contribution in [1.29, 1.82) is 0 Å². The molecule has 18 heavy (non-hydrogen) atoms. The van der Waals surface area contributed by atoms with E-state index in [1.54, 1.807) is 0 Å². The van der Waals surface area contributed by atoms with Gasteiger partial charge in [0.2, 0.25) is 0 Å². The standard InChI is InChI=1S/C13H14O5/c1-6-7-5-9(15)13(10(7)18-11(6)16)8(14)3-4-12(13,2)17/h3-4,7,9-10,15,17H,1,5H2,2H3. The summed E-state index contributed by atoms with van der Waals surface area (Å²) in [6, 6.07) is 0. The second kappa shape index (κ2) is 3.10. The van der Waals surface area contributed by atoms with Crippen LogP contribution in [0.25, 0.3) is 0 Å². The third-order valence-corrected chi connectivity index (χ3v) is 4.57. The summed E-state index contributed by atoms with van der Waals surface area (Å²) in [5.41, 5.74) is -2.73. The van der Waals surface area contributed by atoms with Crippen molar-refractivity contribution in [2.75, 3.05) is 0 Å². The molecule has 2 aliphatic carbocycles. The lowest BCUT2D eigenvalue weighted by Crippen LogP contribution is -2.57. The van der Waals surface area contributed by atoms with Crippen LogP contribution in [0.5, 0.6) is 0 Å². The molecule has 0 bridgehead atoms. The molecule has 5 heteroatoms. The van der Waals surface area contributed by atoms with Crippen molar-refractivity contribution >= 4 is 11.8 Å². The first-order valence-corrected chi connectivity index (χ1v) is 5.86. The van der Waals surface area contributed by atoms with Crippen LogP contribution in [0, 0.1) is 11.3 Å². The quantitative estimate of drug-likeness (QED) is 0.456. The van der Waals surface area contributed by atoms with Gasteiger partial charge in [0.05, 0.1) is 11.7 Å². The van der Waals surface area contributed by atoms with Gasteiger partial charge in [0.25, 0.3) is 0 Å². The fourth-order valence-electron chi connectivity index (χ4n) is 3.59. The van der Waals surface area contributed by atoms with Gasteiger partial charge in [-0.1, -0.05) is 6.58 Å². The van der Waals surface area contributed by atoms with Crippen LogP contribution < -0.4 is 0 Å². The highest BCUT2D eigenvalue weighted by molar-refractivity contribution is 6.02. The van der Waals surface area contributed by atoms with Gasteiger partial charge in [0, 0.05) is 11.5 Å². The Labute approximate surface area is 104 Å². The van der Waals surface area contributed by atoms with Crippen molar-refractivity contribution in [1.82, 2.24) is 0 Å². The molecule has 5 unspecified atom stereocenters. The maximum atomic E-state index is 12.2. The molecule has 1 aliphatic heterocycles. The van der Waals surface area contributed by atoms with Gasteiger partial charge in [-0.05, 0) is 25.5 Å². The van der Waals surface area contributed by atoms with E-state index < -0.39 is 40.9 Å². The van der Waals surface area contributed by atoms with Crippen LogP contribution in [-0.4, -0.2) is 39.8 Å². The minimum atomic E-state index is -1.52. The predicted molar refractivity (Wildman–Crippen MR) is 60.3 cm³/mol. The van der Waals surface area contributed by atoms with Gasteiger partial charge in [-0.2, -0.15) is 0 Å². The summed E-state index contributed by atoms with van der Waals surface area (Å²) in [5.74, 6) is -1.34. The van der Waals surface area contributed by atoms with Gasteiger partial charge in [-0.15, -0.1) is 0 Å². The maximum absolute atomic E-state index is 12.2. The molecule has 2 fully saturated rings. The van der Waals surface area contributed by atoms with Crippen LogP contribution in [0.1, 0.15) is 13.3 Å². The fourth-order valence-corrected chi connectivity index (χ4v) is 3.59. The molecule has 0 aromatic rings. The van der Waals surface area contributed by atoms with Gasteiger partial charge >= 0.3 is 5.97 Å². The molecule has 0 radical (unpaired) electrons. The number of ether oxygens (including phenoxy) is 1. The topological polar surface area (TPSA) is 83.8 Å². The number of allylic oxidation sites excluding steroid dienone is 1. The number of esters is 1. The monoisotopic (exact) mass is 250 g/mol. The molecule has 2 N–H and O–H groups in total. The third-order valence-electron chi connectivity index (χ3n) is 4.57. The Kier molecular flexibility index (Phi) is 2.00. The molecule has 1 spiro atoms. The van der Waals surface area contributed by atoms with Crippen molar-refractivity contribution in [3.8, 4) is 0 Å². The highest BCUT2D eigenvalue weighted by Gasteiger charge is 2.72. The van der Waals surface area contributed by atoms with E-state index in [4.69, 9.17) is 4.74 Å². The van der Waals surface area contributed by atoms with Crippen LogP contribution in [0.15, 0.2) is 24.3 Å². The van der Waals surface area contributed by atoms with Crippen molar-refractivity contribution in [2.24, 2.45) is 11.3 Å². The minimum absolute atomic E-state index is 0.207. The Hall–Kier alpha value is -1.46. The Morgan fingerprint density at radius 1 is 1.50 bits per heavy atom. The molecular formula is C13H14O5. The number of hydrogen-bond acceptors (Lipinski definition) is 5. The molecule has 0 aromatic heterocycles.